The van der Waals surface area contributed by atoms with Gasteiger partial charge in [0.05, 0.1) is 0 Å². The first-order chi connectivity index (χ1) is 8.22. The highest BCUT2D eigenvalue weighted by Gasteiger charge is 2.01. The van der Waals surface area contributed by atoms with Crippen LogP contribution in [0.1, 0.15) is 38.4 Å². The molecule has 0 aliphatic carbocycles. The van der Waals surface area contributed by atoms with Gasteiger partial charge >= 0.3 is 0 Å². The minimum Gasteiger partial charge on any atom is -0.368 e. The van der Waals surface area contributed by atoms with E-state index >= 15 is 0 Å². The van der Waals surface area contributed by atoms with Crippen molar-refractivity contribution < 1.29 is 0 Å². The van der Waals surface area contributed by atoms with Crippen molar-refractivity contribution in [2.75, 3.05) is 23.0 Å². The molecule has 1 aromatic rings. The van der Waals surface area contributed by atoms with E-state index in [2.05, 4.69) is 21.9 Å². The smallest absolute Gasteiger partial charge is 0.225 e. The van der Waals surface area contributed by atoms with Crippen LogP contribution in [0, 0.1) is 0 Å². The summed E-state index contributed by atoms with van der Waals surface area (Å²) in [6, 6.07) is 0. The second kappa shape index (κ2) is 8.11. The molecule has 0 aromatic carbocycles. The highest BCUT2D eigenvalue weighted by molar-refractivity contribution is 7.99. The van der Waals surface area contributed by atoms with E-state index < -0.39 is 0 Å². The van der Waals surface area contributed by atoms with Crippen molar-refractivity contribution in [3.8, 4) is 0 Å². The Balaban J connectivity index is 2.13. The second-order valence-corrected chi connectivity index (χ2v) is 5.12. The van der Waals surface area contributed by atoms with Gasteiger partial charge in [-0.05, 0) is 12.2 Å². The van der Waals surface area contributed by atoms with Crippen LogP contribution < -0.4 is 11.5 Å². The Bertz CT molecular complexity index is 311. The fourth-order valence-electron chi connectivity index (χ4n) is 1.47. The summed E-state index contributed by atoms with van der Waals surface area (Å²) in [5.74, 6) is 3.32. The summed E-state index contributed by atoms with van der Waals surface area (Å²) in [5.41, 5.74) is 11.0. The molecule has 0 bridgehead atoms. The van der Waals surface area contributed by atoms with Crippen LogP contribution in [0.15, 0.2) is 0 Å². The van der Waals surface area contributed by atoms with Gasteiger partial charge in [-0.25, -0.2) is 0 Å². The predicted octanol–water partition coefficient (Wildman–Crippen LogP) is 1.89. The summed E-state index contributed by atoms with van der Waals surface area (Å²) in [6.45, 7) is 2.22. The molecule has 6 heteroatoms. The van der Waals surface area contributed by atoms with Gasteiger partial charge in [-0.2, -0.15) is 26.7 Å². The molecule has 1 aromatic heterocycles. The number of aryl methyl sites for hydroxylation is 1. The Morgan fingerprint density at radius 1 is 0.941 bits per heavy atom. The molecule has 96 valence electrons. The van der Waals surface area contributed by atoms with Crippen LogP contribution in [0.3, 0.4) is 0 Å². The number of nitrogens with two attached hydrogens (primary N) is 2. The van der Waals surface area contributed by atoms with E-state index in [1.807, 2.05) is 11.8 Å². The minimum absolute atomic E-state index is 0.209. The normalized spacial score (nSPS) is 10.6. The number of hydrogen-bond acceptors (Lipinski definition) is 6. The summed E-state index contributed by atoms with van der Waals surface area (Å²) < 4.78 is 0. The number of nitrogen functional groups attached to an aromatic ring is 2. The molecular formula is C11H21N5S. The third-order valence-electron chi connectivity index (χ3n) is 2.33. The Labute approximate surface area is 107 Å². The van der Waals surface area contributed by atoms with Crippen molar-refractivity contribution in [3.05, 3.63) is 5.82 Å². The third-order valence-corrected chi connectivity index (χ3v) is 3.40. The lowest BCUT2D eigenvalue weighted by molar-refractivity contribution is 0.706. The summed E-state index contributed by atoms with van der Waals surface area (Å²) >= 11 is 1.93. The van der Waals surface area contributed by atoms with Gasteiger partial charge in [-0.15, -0.1) is 0 Å². The average Bonchev–Trinajstić information content (AvgIpc) is 2.26. The molecule has 4 N–H and O–H groups in total. The van der Waals surface area contributed by atoms with E-state index in [0.717, 1.165) is 12.2 Å². The number of aromatic nitrogens is 3. The lowest BCUT2D eigenvalue weighted by atomic mass is 10.2. The molecule has 1 rings (SSSR count). The monoisotopic (exact) mass is 255 g/mol. The predicted molar refractivity (Wildman–Crippen MR) is 73.8 cm³/mol. The standard InChI is InChI=1S/C11H21N5S/c1-2-3-4-5-7-17-8-6-9-14-10(12)16-11(13)15-9/h2-8H2,1H3,(H4,12,13,14,15,16). The molecule has 1 heterocycles. The molecule has 0 radical (unpaired) electrons. The van der Waals surface area contributed by atoms with Crippen LogP contribution in [-0.2, 0) is 6.42 Å². The zero-order valence-corrected chi connectivity index (χ0v) is 11.2. The molecule has 0 fully saturated rings. The number of nitrogens with zero attached hydrogens (tertiary/aromatic N) is 3. The van der Waals surface area contributed by atoms with Gasteiger partial charge in [0.15, 0.2) is 0 Å². The largest absolute Gasteiger partial charge is 0.368 e. The molecule has 0 saturated heterocycles. The Morgan fingerprint density at radius 2 is 1.65 bits per heavy atom. The van der Waals surface area contributed by atoms with Gasteiger partial charge in [0.25, 0.3) is 0 Å². The van der Waals surface area contributed by atoms with E-state index in [1.165, 1.54) is 31.4 Å². The maximum absolute atomic E-state index is 5.50. The fraction of sp³-hybridized carbons (Fsp3) is 0.727. The molecule has 5 nitrogen and oxygen atoms in total. The number of anilines is 2. The van der Waals surface area contributed by atoms with Crippen molar-refractivity contribution in [3.63, 3.8) is 0 Å². The van der Waals surface area contributed by atoms with Gasteiger partial charge in [0.1, 0.15) is 5.82 Å². The maximum Gasteiger partial charge on any atom is 0.225 e. The molecular weight excluding hydrogens is 234 g/mol. The zero-order valence-electron chi connectivity index (χ0n) is 10.4. The molecule has 0 atom stereocenters. The summed E-state index contributed by atoms with van der Waals surface area (Å²) in [4.78, 5) is 11.8. The van der Waals surface area contributed by atoms with Crippen LogP contribution in [-0.4, -0.2) is 26.5 Å². The highest BCUT2D eigenvalue weighted by atomic mass is 32.2. The molecule has 0 aliphatic heterocycles. The van der Waals surface area contributed by atoms with Crippen molar-refractivity contribution >= 4 is 23.7 Å². The van der Waals surface area contributed by atoms with E-state index in [9.17, 15) is 0 Å². The Morgan fingerprint density at radius 3 is 2.29 bits per heavy atom. The lowest BCUT2D eigenvalue weighted by Gasteiger charge is -2.02. The van der Waals surface area contributed by atoms with Gasteiger partial charge in [0.2, 0.25) is 11.9 Å². The summed E-state index contributed by atoms with van der Waals surface area (Å²) in [7, 11) is 0. The van der Waals surface area contributed by atoms with Crippen LogP contribution in [0.25, 0.3) is 0 Å². The maximum atomic E-state index is 5.50. The first-order valence-electron chi connectivity index (χ1n) is 6.06. The molecule has 17 heavy (non-hydrogen) atoms. The van der Waals surface area contributed by atoms with E-state index in [-0.39, 0.29) is 11.9 Å². The Hall–Kier alpha value is -1.04. The van der Waals surface area contributed by atoms with Crippen molar-refractivity contribution in [1.82, 2.24) is 15.0 Å². The van der Waals surface area contributed by atoms with Gasteiger partial charge in [-0.1, -0.05) is 26.2 Å². The van der Waals surface area contributed by atoms with Gasteiger partial charge < -0.3 is 11.5 Å². The molecule has 0 spiro atoms. The quantitative estimate of drug-likeness (QED) is 0.689. The SMILES string of the molecule is CCCCCCSCCc1nc(N)nc(N)n1. The van der Waals surface area contributed by atoms with Crippen molar-refractivity contribution in [2.45, 2.75) is 39.0 Å². The van der Waals surface area contributed by atoms with Crippen molar-refractivity contribution in [1.29, 1.82) is 0 Å². The van der Waals surface area contributed by atoms with E-state index in [0.29, 0.717) is 5.82 Å². The molecule has 0 amide bonds. The van der Waals surface area contributed by atoms with Crippen LogP contribution in [0.5, 0.6) is 0 Å². The van der Waals surface area contributed by atoms with Crippen molar-refractivity contribution in [2.24, 2.45) is 0 Å². The van der Waals surface area contributed by atoms with Crippen LogP contribution in [0.4, 0.5) is 11.9 Å². The summed E-state index contributed by atoms with van der Waals surface area (Å²) in [6.07, 6.45) is 6.04. The van der Waals surface area contributed by atoms with E-state index in [4.69, 9.17) is 11.5 Å². The van der Waals surface area contributed by atoms with E-state index in [1.54, 1.807) is 0 Å². The van der Waals surface area contributed by atoms with Gasteiger partial charge in [-0.3, -0.25) is 0 Å². The topological polar surface area (TPSA) is 90.7 Å². The number of thioether (sulfide) groups is 1. The third kappa shape index (κ3) is 6.31. The summed E-state index contributed by atoms with van der Waals surface area (Å²) in [5, 5.41) is 0. The number of unbranched alkanes of at least 4 members (excludes halogenated alkanes) is 3. The second-order valence-electron chi connectivity index (χ2n) is 3.89. The van der Waals surface area contributed by atoms with Crippen LogP contribution in [0.2, 0.25) is 0 Å². The number of rotatable bonds is 8. The minimum atomic E-state index is 0.209. The zero-order chi connectivity index (χ0) is 12.5. The fourth-order valence-corrected chi connectivity index (χ4v) is 2.40. The molecule has 0 saturated carbocycles. The van der Waals surface area contributed by atoms with Gasteiger partial charge in [0, 0.05) is 12.2 Å². The lowest BCUT2D eigenvalue weighted by Crippen LogP contribution is -2.07. The number of hydrogen-bond donors (Lipinski definition) is 2. The highest BCUT2D eigenvalue weighted by Crippen LogP contribution is 2.09. The Kier molecular flexibility index (Phi) is 6.69. The first kappa shape index (κ1) is 14.0. The van der Waals surface area contributed by atoms with Crippen LogP contribution >= 0.6 is 11.8 Å². The average molecular weight is 255 g/mol. The first-order valence-corrected chi connectivity index (χ1v) is 7.21. The molecule has 0 aliphatic rings. The molecule has 0 unspecified atom stereocenters.